The number of rotatable bonds is 4. The molecule has 0 aromatic carbocycles. The topological polar surface area (TPSA) is 0 Å². The lowest BCUT2D eigenvalue weighted by Gasteiger charge is -2.33. The summed E-state index contributed by atoms with van der Waals surface area (Å²) in [6, 6.07) is 0. The van der Waals surface area contributed by atoms with Gasteiger partial charge in [-0.05, 0) is 86.8 Å². The van der Waals surface area contributed by atoms with Crippen LogP contribution in [0.1, 0.15) is 86.0 Å². The van der Waals surface area contributed by atoms with Crippen LogP contribution in [0.2, 0.25) is 0 Å². The summed E-state index contributed by atoms with van der Waals surface area (Å²) in [5.74, 6) is 3.37. The van der Waals surface area contributed by atoms with Gasteiger partial charge in [0.25, 0.3) is 0 Å². The molecule has 2 aliphatic carbocycles. The Balaban J connectivity index is 2.28. The lowest BCUT2D eigenvalue weighted by atomic mass is 9.72. The molecule has 0 heterocycles. The Morgan fingerprint density at radius 1 is 0.826 bits per heavy atom. The highest BCUT2D eigenvalue weighted by Crippen LogP contribution is 2.41. The van der Waals surface area contributed by atoms with Gasteiger partial charge in [0, 0.05) is 0 Å². The zero-order chi connectivity index (χ0) is 16.8. The summed E-state index contributed by atoms with van der Waals surface area (Å²) in [6.45, 7) is 11.7. The lowest BCUT2D eigenvalue weighted by molar-refractivity contribution is 0.309. The van der Waals surface area contributed by atoms with E-state index in [1.807, 2.05) is 0 Å². The van der Waals surface area contributed by atoms with Crippen LogP contribution in [-0.2, 0) is 0 Å². The molecule has 0 nitrogen and oxygen atoms in total. The van der Waals surface area contributed by atoms with Crippen LogP contribution < -0.4 is 0 Å². The van der Waals surface area contributed by atoms with Crippen molar-refractivity contribution in [3.63, 3.8) is 0 Å². The predicted octanol–water partition coefficient (Wildman–Crippen LogP) is 7.48. The van der Waals surface area contributed by atoms with Crippen LogP contribution in [-0.4, -0.2) is 0 Å². The van der Waals surface area contributed by atoms with Gasteiger partial charge in [0.2, 0.25) is 0 Å². The monoisotopic (exact) mass is 314 g/mol. The zero-order valence-electron chi connectivity index (χ0n) is 16.2. The van der Waals surface area contributed by atoms with Crippen LogP contribution in [0.3, 0.4) is 0 Å². The normalized spacial score (nSPS) is 34.6. The van der Waals surface area contributed by atoms with E-state index in [-0.39, 0.29) is 0 Å². The third kappa shape index (κ3) is 4.85. The predicted molar refractivity (Wildman–Crippen MR) is 104 cm³/mol. The first-order chi connectivity index (χ1) is 11.1. The van der Waals surface area contributed by atoms with Gasteiger partial charge in [-0.15, -0.1) is 0 Å². The minimum atomic E-state index is 0.783. The first-order valence-electron chi connectivity index (χ1n) is 10.1. The molecule has 0 bridgehead atoms. The first-order valence-corrected chi connectivity index (χ1v) is 10.1. The minimum Gasteiger partial charge on any atom is -0.0874 e. The highest BCUT2D eigenvalue weighted by molar-refractivity contribution is 5.41. The second-order valence-electron chi connectivity index (χ2n) is 8.26. The minimum absolute atomic E-state index is 0.783. The molecule has 0 spiro atoms. The first kappa shape index (κ1) is 18.6. The van der Waals surface area contributed by atoms with Crippen molar-refractivity contribution >= 4 is 0 Å². The van der Waals surface area contributed by atoms with E-state index in [2.05, 4.69) is 52.8 Å². The molecule has 4 unspecified atom stereocenters. The highest BCUT2D eigenvalue weighted by Gasteiger charge is 2.26. The molecule has 0 radical (unpaired) electrons. The Bertz CT molecular complexity index is 462. The van der Waals surface area contributed by atoms with Crippen LogP contribution >= 0.6 is 0 Å². The molecule has 23 heavy (non-hydrogen) atoms. The Morgan fingerprint density at radius 2 is 1.39 bits per heavy atom. The summed E-state index contributed by atoms with van der Waals surface area (Å²) in [5, 5.41) is 0. The van der Waals surface area contributed by atoms with Crippen molar-refractivity contribution in [3.8, 4) is 0 Å². The number of allylic oxidation sites excluding steroid dienone is 6. The van der Waals surface area contributed by atoms with Crippen LogP contribution in [0.15, 0.2) is 34.9 Å². The van der Waals surface area contributed by atoms with Crippen LogP contribution in [0.25, 0.3) is 0 Å². The third-order valence-corrected chi connectivity index (χ3v) is 6.28. The van der Waals surface area contributed by atoms with Crippen molar-refractivity contribution in [2.45, 2.75) is 86.0 Å². The Morgan fingerprint density at radius 3 is 1.91 bits per heavy atom. The summed E-state index contributed by atoms with van der Waals surface area (Å²) in [6.07, 6.45) is 18.3. The highest BCUT2D eigenvalue weighted by atomic mass is 14.3. The van der Waals surface area contributed by atoms with E-state index in [4.69, 9.17) is 0 Å². The van der Waals surface area contributed by atoms with Crippen molar-refractivity contribution in [1.82, 2.24) is 0 Å². The van der Waals surface area contributed by atoms with Gasteiger partial charge in [0.15, 0.2) is 0 Å². The molecule has 2 aliphatic rings. The van der Waals surface area contributed by atoms with E-state index in [0.717, 1.165) is 23.7 Å². The molecular weight excluding hydrogens is 276 g/mol. The molecular formula is C23H38. The standard InChI is InChI=1S/C23H38/c1-6-10-23(21-14-9-12-18(4)16-21)19(5)22(7-2)20-13-8-11-17(3)15-20/h6-7,10,17-18,20-21H,8-9,11-16H2,1-5H3/b10-6-,22-7+,23-19+. The van der Waals surface area contributed by atoms with Gasteiger partial charge in [-0.25, -0.2) is 0 Å². The molecule has 4 atom stereocenters. The molecule has 0 aromatic rings. The molecule has 0 N–H and O–H groups in total. The maximum atomic E-state index is 2.44. The molecule has 0 saturated heterocycles. The average Bonchev–Trinajstić information content (AvgIpc) is 2.53. The van der Waals surface area contributed by atoms with Crippen LogP contribution in [0.4, 0.5) is 0 Å². The smallest absolute Gasteiger partial charge is 0.0157 e. The van der Waals surface area contributed by atoms with Gasteiger partial charge in [-0.1, -0.05) is 57.8 Å². The van der Waals surface area contributed by atoms with E-state index in [0.29, 0.717) is 0 Å². The fraction of sp³-hybridized carbons (Fsp3) is 0.739. The molecule has 0 aromatic heterocycles. The zero-order valence-corrected chi connectivity index (χ0v) is 16.2. The Kier molecular flexibility index (Phi) is 7.18. The number of hydrogen-bond acceptors (Lipinski definition) is 0. The second kappa shape index (κ2) is 8.90. The van der Waals surface area contributed by atoms with Gasteiger partial charge in [0.1, 0.15) is 0 Å². The lowest BCUT2D eigenvalue weighted by Crippen LogP contribution is -2.19. The van der Waals surface area contributed by atoms with Gasteiger partial charge in [-0.2, -0.15) is 0 Å². The van der Waals surface area contributed by atoms with Gasteiger partial charge in [0.05, 0.1) is 0 Å². The van der Waals surface area contributed by atoms with E-state index in [1.165, 1.54) is 51.4 Å². The van der Waals surface area contributed by atoms with E-state index in [9.17, 15) is 0 Å². The van der Waals surface area contributed by atoms with Crippen molar-refractivity contribution in [3.05, 3.63) is 34.9 Å². The molecule has 2 fully saturated rings. The summed E-state index contributed by atoms with van der Waals surface area (Å²) in [7, 11) is 0. The van der Waals surface area contributed by atoms with Crippen molar-refractivity contribution in [1.29, 1.82) is 0 Å². The van der Waals surface area contributed by atoms with Crippen LogP contribution in [0, 0.1) is 23.7 Å². The van der Waals surface area contributed by atoms with E-state index < -0.39 is 0 Å². The molecule has 2 rings (SSSR count). The fourth-order valence-corrected chi connectivity index (χ4v) is 5.11. The Hall–Kier alpha value is -0.780. The van der Waals surface area contributed by atoms with E-state index in [1.54, 1.807) is 16.7 Å². The Labute approximate surface area is 145 Å². The summed E-state index contributed by atoms with van der Waals surface area (Å²) < 4.78 is 0. The summed E-state index contributed by atoms with van der Waals surface area (Å²) >= 11 is 0. The quantitative estimate of drug-likeness (QED) is 0.472. The van der Waals surface area contributed by atoms with Gasteiger partial charge < -0.3 is 0 Å². The maximum Gasteiger partial charge on any atom is -0.0157 e. The van der Waals surface area contributed by atoms with Crippen molar-refractivity contribution in [2.75, 3.05) is 0 Å². The van der Waals surface area contributed by atoms with Gasteiger partial charge >= 0.3 is 0 Å². The molecule has 0 aliphatic heterocycles. The SMILES string of the molecule is C\C=C/C(=C(C)\C(=C/C)C1CCCC(C)C1)C1CCCC(C)C1. The number of hydrogen-bond donors (Lipinski definition) is 0. The molecule has 2 saturated carbocycles. The molecule has 0 amide bonds. The molecule has 130 valence electrons. The van der Waals surface area contributed by atoms with Crippen molar-refractivity contribution in [2.24, 2.45) is 23.7 Å². The largest absolute Gasteiger partial charge is 0.0874 e. The second-order valence-corrected chi connectivity index (χ2v) is 8.26. The summed E-state index contributed by atoms with van der Waals surface area (Å²) in [5.41, 5.74) is 4.90. The third-order valence-electron chi connectivity index (χ3n) is 6.28. The average molecular weight is 315 g/mol. The summed E-state index contributed by atoms with van der Waals surface area (Å²) in [4.78, 5) is 0. The fourth-order valence-electron chi connectivity index (χ4n) is 5.11. The van der Waals surface area contributed by atoms with Crippen molar-refractivity contribution < 1.29 is 0 Å². The van der Waals surface area contributed by atoms with E-state index >= 15 is 0 Å². The van der Waals surface area contributed by atoms with Crippen LogP contribution in [0.5, 0.6) is 0 Å². The molecule has 0 heteroatoms. The van der Waals surface area contributed by atoms with Gasteiger partial charge in [-0.3, -0.25) is 0 Å². The maximum absolute atomic E-state index is 2.44.